The minimum atomic E-state index is -0.411. The fraction of sp³-hybridized carbons (Fsp3) is 0.542. The topological polar surface area (TPSA) is 68.8 Å². The molecule has 0 spiro atoms. The Morgan fingerprint density at radius 1 is 1.13 bits per heavy atom. The van der Waals surface area contributed by atoms with Crippen LogP contribution in [0.15, 0.2) is 30.5 Å². The van der Waals surface area contributed by atoms with Gasteiger partial charge in [-0.05, 0) is 62.6 Å². The molecule has 2 aromatic rings. The molecule has 0 saturated carbocycles. The summed E-state index contributed by atoms with van der Waals surface area (Å²) in [6, 6.07) is 7.65. The largest absolute Gasteiger partial charge is 0.347 e. The van der Waals surface area contributed by atoms with E-state index in [1.807, 2.05) is 17.0 Å². The fourth-order valence-electron chi connectivity index (χ4n) is 4.90. The molecule has 31 heavy (non-hydrogen) atoms. The quantitative estimate of drug-likeness (QED) is 0.823. The van der Waals surface area contributed by atoms with E-state index in [0.29, 0.717) is 18.8 Å². The Bertz CT molecular complexity index is 949. The van der Waals surface area contributed by atoms with Crippen LogP contribution in [0.2, 0.25) is 0 Å². The maximum Gasteiger partial charge on any atom is 0.326 e. The summed E-state index contributed by atoms with van der Waals surface area (Å²) in [5.41, 5.74) is 1.10. The van der Waals surface area contributed by atoms with Crippen molar-refractivity contribution < 1.29 is 9.59 Å². The highest BCUT2D eigenvalue weighted by atomic mass is 16.2. The van der Waals surface area contributed by atoms with Gasteiger partial charge in [-0.1, -0.05) is 18.2 Å². The average Bonchev–Trinajstić information content (AvgIpc) is 2.79. The van der Waals surface area contributed by atoms with Crippen LogP contribution in [0.5, 0.6) is 0 Å². The Kier molecular flexibility index (Phi) is 6.41. The van der Waals surface area contributed by atoms with Crippen molar-refractivity contribution >= 4 is 28.5 Å². The number of piperidine rings is 2. The number of fused-ring (bicyclic) bond motifs is 1. The van der Waals surface area contributed by atoms with E-state index in [1.54, 1.807) is 30.1 Å². The van der Waals surface area contributed by atoms with Crippen molar-refractivity contribution in [3.63, 3.8) is 0 Å². The zero-order valence-corrected chi connectivity index (χ0v) is 18.8. The number of hydrogen-bond acceptors (Lipinski definition) is 4. The lowest BCUT2D eigenvalue weighted by atomic mass is 10.00. The van der Waals surface area contributed by atoms with E-state index in [1.165, 1.54) is 0 Å². The number of anilines is 1. The Hall–Kier alpha value is -2.67. The summed E-state index contributed by atoms with van der Waals surface area (Å²) in [4.78, 5) is 37.0. The summed E-state index contributed by atoms with van der Waals surface area (Å²) in [7, 11) is 3.52. The summed E-state index contributed by atoms with van der Waals surface area (Å²) in [6.07, 6.45) is 6.31. The van der Waals surface area contributed by atoms with Gasteiger partial charge in [0.25, 0.3) is 0 Å². The predicted molar refractivity (Wildman–Crippen MR) is 123 cm³/mol. The van der Waals surface area contributed by atoms with E-state index in [4.69, 9.17) is 4.98 Å². The van der Waals surface area contributed by atoms with Crippen LogP contribution < -0.4 is 10.2 Å². The molecule has 0 aliphatic carbocycles. The number of nitrogens with zero attached hydrogens (tertiary/aromatic N) is 4. The third kappa shape index (κ3) is 4.24. The molecule has 1 N–H and O–H groups in total. The number of hydrogen-bond donors (Lipinski definition) is 1. The zero-order chi connectivity index (χ0) is 22.0. The van der Waals surface area contributed by atoms with E-state index in [0.717, 1.165) is 55.1 Å². The van der Waals surface area contributed by atoms with Gasteiger partial charge in [0.15, 0.2) is 0 Å². The molecule has 7 nitrogen and oxygen atoms in total. The SMILES string of the molecule is Cc1cccc2ccnc(N(C(=O)N3CCCCC3C(=O)N(C)C)[C@@H]3CCCNC3)c12. The van der Waals surface area contributed by atoms with Crippen LogP contribution in [0.3, 0.4) is 0 Å². The lowest BCUT2D eigenvalue weighted by Crippen LogP contribution is -2.59. The average molecular weight is 424 g/mol. The summed E-state index contributed by atoms with van der Waals surface area (Å²) in [5, 5.41) is 5.53. The highest BCUT2D eigenvalue weighted by Gasteiger charge is 2.39. The molecule has 2 saturated heterocycles. The third-order valence-electron chi connectivity index (χ3n) is 6.52. The molecule has 2 fully saturated rings. The van der Waals surface area contributed by atoms with Gasteiger partial charge in [0, 0.05) is 38.8 Å². The number of aryl methyl sites for hydroxylation is 1. The van der Waals surface area contributed by atoms with E-state index in [2.05, 4.69) is 24.4 Å². The number of carbonyl (C=O) groups excluding carboxylic acids is 2. The fourth-order valence-corrected chi connectivity index (χ4v) is 4.90. The van der Waals surface area contributed by atoms with Crippen LogP contribution in [0.25, 0.3) is 10.8 Å². The first kappa shape index (κ1) is 21.6. The highest BCUT2D eigenvalue weighted by Crippen LogP contribution is 2.32. The van der Waals surface area contributed by atoms with E-state index < -0.39 is 6.04 Å². The number of pyridine rings is 1. The number of nitrogens with one attached hydrogen (secondary N) is 1. The first-order valence-electron chi connectivity index (χ1n) is 11.3. The second kappa shape index (κ2) is 9.22. The molecule has 2 aliphatic heterocycles. The van der Waals surface area contributed by atoms with Crippen molar-refractivity contribution in [2.45, 2.75) is 51.1 Å². The lowest BCUT2D eigenvalue weighted by molar-refractivity contribution is -0.134. The Labute approximate surface area is 184 Å². The molecule has 3 heterocycles. The summed E-state index contributed by atoms with van der Waals surface area (Å²) >= 11 is 0. The van der Waals surface area contributed by atoms with E-state index in [-0.39, 0.29) is 18.0 Å². The second-order valence-electron chi connectivity index (χ2n) is 8.90. The number of rotatable bonds is 3. The van der Waals surface area contributed by atoms with Crippen LogP contribution in [-0.2, 0) is 4.79 Å². The smallest absolute Gasteiger partial charge is 0.326 e. The molecule has 1 unspecified atom stereocenters. The van der Waals surface area contributed by atoms with Gasteiger partial charge in [-0.3, -0.25) is 9.69 Å². The lowest BCUT2D eigenvalue weighted by Gasteiger charge is -2.42. The van der Waals surface area contributed by atoms with Crippen LogP contribution in [0, 0.1) is 6.92 Å². The molecule has 0 radical (unpaired) electrons. The molecule has 3 amide bonds. The van der Waals surface area contributed by atoms with Crippen LogP contribution in [-0.4, -0.2) is 72.5 Å². The first-order chi connectivity index (χ1) is 15.0. The Balaban J connectivity index is 1.79. The monoisotopic (exact) mass is 423 g/mol. The molecule has 166 valence electrons. The van der Waals surface area contributed by atoms with Gasteiger partial charge in [-0.25, -0.2) is 9.78 Å². The maximum absolute atomic E-state index is 14.1. The standard InChI is InChI=1S/C24H33N5O2/c1-17-8-6-9-18-12-14-26-22(21(17)18)29(19-10-7-13-25-16-19)24(31)28-15-5-4-11-20(28)23(30)27(2)3/h6,8-9,12,14,19-20,25H,4-5,7,10-11,13,15-16H2,1-3H3/t19-,20?/m1/s1. The molecule has 1 aromatic carbocycles. The number of benzene rings is 1. The van der Waals surface area contributed by atoms with Crippen LogP contribution in [0.4, 0.5) is 10.6 Å². The third-order valence-corrected chi connectivity index (χ3v) is 6.52. The number of likely N-dealkylation sites (tertiary alicyclic amines) is 1. The molecular weight excluding hydrogens is 390 g/mol. The minimum absolute atomic E-state index is 0.00294. The predicted octanol–water partition coefficient (Wildman–Crippen LogP) is 3.16. The summed E-state index contributed by atoms with van der Waals surface area (Å²) in [6.45, 7) is 4.36. The number of aromatic nitrogens is 1. The van der Waals surface area contributed by atoms with Crippen molar-refractivity contribution in [3.05, 3.63) is 36.0 Å². The number of carbonyl (C=O) groups is 2. The highest BCUT2D eigenvalue weighted by molar-refractivity contribution is 6.04. The van der Waals surface area contributed by atoms with E-state index >= 15 is 0 Å². The van der Waals surface area contributed by atoms with Crippen molar-refractivity contribution in [1.82, 2.24) is 20.1 Å². The van der Waals surface area contributed by atoms with Crippen LogP contribution >= 0.6 is 0 Å². The van der Waals surface area contributed by atoms with Gasteiger partial charge in [0.2, 0.25) is 5.91 Å². The molecular formula is C24H33N5O2. The molecule has 2 atom stereocenters. The number of urea groups is 1. The number of amides is 3. The van der Waals surface area contributed by atoms with Gasteiger partial charge >= 0.3 is 6.03 Å². The van der Waals surface area contributed by atoms with Gasteiger partial charge in [-0.15, -0.1) is 0 Å². The van der Waals surface area contributed by atoms with Gasteiger partial charge < -0.3 is 15.1 Å². The maximum atomic E-state index is 14.1. The van der Waals surface area contributed by atoms with Crippen molar-refractivity contribution in [1.29, 1.82) is 0 Å². The van der Waals surface area contributed by atoms with Gasteiger partial charge in [0.1, 0.15) is 11.9 Å². The van der Waals surface area contributed by atoms with Crippen LogP contribution in [0.1, 0.15) is 37.7 Å². The first-order valence-corrected chi connectivity index (χ1v) is 11.3. The van der Waals surface area contributed by atoms with Crippen molar-refractivity contribution in [2.75, 3.05) is 38.6 Å². The van der Waals surface area contributed by atoms with Crippen molar-refractivity contribution in [2.24, 2.45) is 0 Å². The number of likely N-dealkylation sites (N-methyl/N-ethyl adjacent to an activating group) is 1. The molecule has 0 bridgehead atoms. The molecule has 4 rings (SSSR count). The Morgan fingerprint density at radius 2 is 1.97 bits per heavy atom. The van der Waals surface area contributed by atoms with E-state index in [9.17, 15) is 9.59 Å². The van der Waals surface area contributed by atoms with Crippen molar-refractivity contribution in [3.8, 4) is 0 Å². The minimum Gasteiger partial charge on any atom is -0.347 e. The molecule has 2 aliphatic rings. The Morgan fingerprint density at radius 3 is 2.71 bits per heavy atom. The zero-order valence-electron chi connectivity index (χ0n) is 18.8. The molecule has 7 heteroatoms. The normalized spacial score (nSPS) is 21.7. The second-order valence-corrected chi connectivity index (χ2v) is 8.90. The summed E-state index contributed by atoms with van der Waals surface area (Å²) < 4.78 is 0. The van der Waals surface area contributed by atoms with Gasteiger partial charge in [-0.2, -0.15) is 0 Å². The summed E-state index contributed by atoms with van der Waals surface area (Å²) in [5.74, 6) is 0.702. The van der Waals surface area contributed by atoms with Gasteiger partial charge in [0.05, 0.1) is 6.04 Å². The molecule has 1 aromatic heterocycles.